The molecule has 0 amide bonds. The summed E-state index contributed by atoms with van der Waals surface area (Å²) in [7, 11) is 4.46. The molecule has 0 heterocycles. The van der Waals surface area contributed by atoms with Gasteiger partial charge in [-0.3, -0.25) is 0 Å². The molecule has 0 aliphatic rings. The van der Waals surface area contributed by atoms with E-state index in [0.29, 0.717) is 0 Å². The molecule has 0 aromatic heterocycles. The molecule has 0 unspecified atom stereocenters. The van der Waals surface area contributed by atoms with Crippen molar-refractivity contribution in [1.29, 1.82) is 0 Å². The van der Waals surface area contributed by atoms with Gasteiger partial charge in [0.05, 0.1) is 14.6 Å². The SMILES string of the molecule is C[B]CB(C)C[B]C. The first-order chi connectivity index (χ1) is 3.81. The van der Waals surface area contributed by atoms with Gasteiger partial charge in [-0.15, -0.1) is 12.4 Å². The van der Waals surface area contributed by atoms with Crippen molar-refractivity contribution in [3.05, 3.63) is 0 Å². The molecular formula is C5H13B3. The number of hydrogen-bond acceptors (Lipinski definition) is 0. The third-order valence-electron chi connectivity index (χ3n) is 1.28. The fourth-order valence-corrected chi connectivity index (χ4v) is 0.901. The molecule has 3 heteroatoms. The summed E-state index contributed by atoms with van der Waals surface area (Å²) in [4.78, 5) is 0. The van der Waals surface area contributed by atoms with Crippen molar-refractivity contribution in [3.8, 4) is 0 Å². The van der Waals surface area contributed by atoms with Gasteiger partial charge in [0, 0.05) is 0 Å². The summed E-state index contributed by atoms with van der Waals surface area (Å²) in [6.07, 6.45) is 2.51. The zero-order chi connectivity index (χ0) is 6.41. The van der Waals surface area contributed by atoms with Crippen molar-refractivity contribution < 1.29 is 0 Å². The molecule has 0 saturated heterocycles. The number of hydrogen-bond donors (Lipinski definition) is 0. The van der Waals surface area contributed by atoms with Gasteiger partial charge in [-0.2, -0.15) is 0 Å². The third kappa shape index (κ3) is 4.36. The third-order valence-corrected chi connectivity index (χ3v) is 1.28. The molecule has 0 N–H and O–H groups in total. The summed E-state index contributed by atoms with van der Waals surface area (Å²) in [5, 5.41) is 0. The van der Waals surface area contributed by atoms with Crippen LogP contribution in [0.3, 0.4) is 0 Å². The minimum absolute atomic E-state index is 0.852. The largest absolute Gasteiger partial charge is 0.120 e. The molecule has 0 aromatic rings. The lowest BCUT2D eigenvalue weighted by atomic mass is 9.32. The Hall–Kier alpha value is 0.195. The first-order valence-corrected chi connectivity index (χ1v) is 3.37. The molecule has 0 aliphatic heterocycles. The average Bonchev–Trinajstić information content (AvgIpc) is 1.68. The van der Waals surface area contributed by atoms with Crippen LogP contribution in [0, 0.1) is 0 Å². The van der Waals surface area contributed by atoms with Crippen LogP contribution >= 0.6 is 0 Å². The van der Waals surface area contributed by atoms with E-state index in [9.17, 15) is 0 Å². The Morgan fingerprint density at radius 1 is 1.12 bits per heavy atom. The van der Waals surface area contributed by atoms with Crippen molar-refractivity contribution in [1.82, 2.24) is 0 Å². The van der Waals surface area contributed by atoms with E-state index in [0.717, 1.165) is 6.71 Å². The lowest BCUT2D eigenvalue weighted by Gasteiger charge is -1.99. The van der Waals surface area contributed by atoms with Gasteiger partial charge in [-0.1, -0.05) is 20.5 Å². The highest BCUT2D eigenvalue weighted by molar-refractivity contribution is 6.74. The fraction of sp³-hybridized carbons (Fsp3) is 1.00. The van der Waals surface area contributed by atoms with Gasteiger partial charge in [0.25, 0.3) is 0 Å². The second kappa shape index (κ2) is 5.33. The van der Waals surface area contributed by atoms with E-state index in [1.807, 2.05) is 0 Å². The molecule has 42 valence electrons. The van der Waals surface area contributed by atoms with Crippen LogP contribution in [0.25, 0.3) is 0 Å². The maximum absolute atomic E-state index is 2.28. The first kappa shape index (κ1) is 8.19. The molecule has 0 aromatic carbocycles. The monoisotopic (exact) mass is 106 g/mol. The van der Waals surface area contributed by atoms with Crippen LogP contribution in [0.2, 0.25) is 32.9 Å². The Morgan fingerprint density at radius 3 is 1.75 bits per heavy atom. The Balaban J connectivity index is 2.92. The van der Waals surface area contributed by atoms with Crippen molar-refractivity contribution in [2.24, 2.45) is 0 Å². The Labute approximate surface area is 55.0 Å². The zero-order valence-electron chi connectivity index (χ0n) is 6.15. The summed E-state index contributed by atoms with van der Waals surface area (Å²) in [6.45, 7) is 7.36. The topological polar surface area (TPSA) is 0 Å². The molecule has 2 radical (unpaired) electrons. The number of rotatable bonds is 4. The highest BCUT2D eigenvalue weighted by Gasteiger charge is 2.01. The van der Waals surface area contributed by atoms with Crippen LogP contribution in [0.15, 0.2) is 0 Å². The molecule has 0 rings (SSSR count). The Morgan fingerprint density at radius 2 is 1.50 bits per heavy atom. The normalized spacial score (nSPS) is 8.38. The molecule has 0 bridgehead atoms. The fourth-order valence-electron chi connectivity index (χ4n) is 0.901. The van der Waals surface area contributed by atoms with Crippen molar-refractivity contribution in [2.45, 2.75) is 32.9 Å². The smallest absolute Gasteiger partial charge is 0.102 e. The quantitative estimate of drug-likeness (QED) is 0.476. The van der Waals surface area contributed by atoms with E-state index in [1.165, 1.54) is 12.4 Å². The predicted octanol–water partition coefficient (Wildman–Crippen LogP) is 1.53. The summed E-state index contributed by atoms with van der Waals surface area (Å²) in [5.41, 5.74) is 0. The van der Waals surface area contributed by atoms with Gasteiger partial charge in [0.1, 0.15) is 6.71 Å². The maximum Gasteiger partial charge on any atom is 0.120 e. The minimum atomic E-state index is 0.852. The van der Waals surface area contributed by atoms with Crippen LogP contribution in [0.5, 0.6) is 0 Å². The molecule has 0 saturated carbocycles. The molecule has 0 atom stereocenters. The van der Waals surface area contributed by atoms with E-state index in [-0.39, 0.29) is 0 Å². The van der Waals surface area contributed by atoms with Gasteiger partial charge in [0.15, 0.2) is 0 Å². The maximum atomic E-state index is 2.28. The van der Waals surface area contributed by atoms with Gasteiger partial charge < -0.3 is 0 Å². The molecule has 0 aliphatic carbocycles. The van der Waals surface area contributed by atoms with E-state index in [2.05, 4.69) is 35.0 Å². The van der Waals surface area contributed by atoms with E-state index < -0.39 is 0 Å². The summed E-state index contributed by atoms with van der Waals surface area (Å²) >= 11 is 0. The second-order valence-corrected chi connectivity index (χ2v) is 2.39. The summed E-state index contributed by atoms with van der Waals surface area (Å²) in [6, 6.07) is 0. The van der Waals surface area contributed by atoms with E-state index in [1.54, 1.807) is 0 Å². The van der Waals surface area contributed by atoms with E-state index in [4.69, 9.17) is 0 Å². The van der Waals surface area contributed by atoms with Gasteiger partial charge in [0.2, 0.25) is 0 Å². The first-order valence-electron chi connectivity index (χ1n) is 3.37. The minimum Gasteiger partial charge on any atom is -0.102 e. The van der Waals surface area contributed by atoms with Crippen LogP contribution in [0.1, 0.15) is 0 Å². The van der Waals surface area contributed by atoms with Crippen molar-refractivity contribution >= 4 is 21.3 Å². The summed E-state index contributed by atoms with van der Waals surface area (Å²) in [5.74, 6) is 0. The molecule has 8 heavy (non-hydrogen) atoms. The predicted molar refractivity (Wildman–Crippen MR) is 44.5 cm³/mol. The van der Waals surface area contributed by atoms with Crippen LogP contribution in [-0.4, -0.2) is 21.3 Å². The Kier molecular flexibility index (Phi) is 5.46. The molecular weight excluding hydrogens is 92.5 g/mol. The second-order valence-electron chi connectivity index (χ2n) is 2.39. The Bertz CT molecular complexity index is 40.9. The summed E-state index contributed by atoms with van der Waals surface area (Å²) < 4.78 is 0. The highest BCUT2D eigenvalue weighted by atomic mass is 13.5. The molecule has 0 spiro atoms. The molecule has 0 fully saturated rings. The van der Waals surface area contributed by atoms with Crippen LogP contribution < -0.4 is 0 Å². The van der Waals surface area contributed by atoms with E-state index >= 15 is 0 Å². The highest BCUT2D eigenvalue weighted by Crippen LogP contribution is 1.94. The van der Waals surface area contributed by atoms with Gasteiger partial charge in [-0.05, 0) is 0 Å². The van der Waals surface area contributed by atoms with Crippen molar-refractivity contribution in [3.63, 3.8) is 0 Å². The average molecular weight is 106 g/mol. The van der Waals surface area contributed by atoms with Crippen LogP contribution in [0.4, 0.5) is 0 Å². The lowest BCUT2D eigenvalue weighted by Crippen LogP contribution is -2.10. The van der Waals surface area contributed by atoms with Crippen molar-refractivity contribution in [2.75, 3.05) is 0 Å². The molecule has 0 nitrogen and oxygen atoms in total. The standard InChI is InChI=1S/C5H13B3/c1-6-4-8(3)5-7-2/h4-5H2,1-3H3. The van der Waals surface area contributed by atoms with Gasteiger partial charge in [-0.25, -0.2) is 0 Å². The lowest BCUT2D eigenvalue weighted by molar-refractivity contribution is 1.71. The van der Waals surface area contributed by atoms with Crippen LogP contribution in [-0.2, 0) is 0 Å². The van der Waals surface area contributed by atoms with Gasteiger partial charge >= 0.3 is 0 Å². The zero-order valence-corrected chi connectivity index (χ0v) is 6.15.